The first-order chi connectivity index (χ1) is 11.2. The number of rotatable bonds is 4. The number of carbonyl (C=O) groups is 1. The van der Waals surface area contributed by atoms with Crippen molar-refractivity contribution in [1.29, 1.82) is 0 Å². The molecule has 1 aliphatic rings. The van der Waals surface area contributed by atoms with Gasteiger partial charge < -0.3 is 15.5 Å². The van der Waals surface area contributed by atoms with Crippen LogP contribution in [0, 0.1) is 11.7 Å². The summed E-state index contributed by atoms with van der Waals surface area (Å²) in [5, 5.41) is 5.59. The zero-order valence-corrected chi connectivity index (χ0v) is 12.8. The van der Waals surface area contributed by atoms with Crippen molar-refractivity contribution >= 4 is 17.4 Å². The second kappa shape index (κ2) is 7.13. The van der Waals surface area contributed by atoms with Crippen LogP contribution in [-0.4, -0.2) is 25.7 Å². The molecule has 120 valence electrons. The Morgan fingerprint density at radius 1 is 1.13 bits per heavy atom. The molecule has 0 saturated carbocycles. The monoisotopic (exact) mass is 313 g/mol. The topological polar surface area (TPSA) is 44.4 Å². The second-order valence-electron chi connectivity index (χ2n) is 5.78. The van der Waals surface area contributed by atoms with Gasteiger partial charge in [0.1, 0.15) is 5.82 Å². The van der Waals surface area contributed by atoms with Crippen LogP contribution in [0.4, 0.5) is 20.6 Å². The molecule has 2 aromatic rings. The fourth-order valence-corrected chi connectivity index (χ4v) is 2.82. The molecule has 3 rings (SSSR count). The van der Waals surface area contributed by atoms with E-state index < -0.39 is 0 Å². The molecule has 0 unspecified atom stereocenters. The van der Waals surface area contributed by atoms with Crippen LogP contribution in [0.3, 0.4) is 0 Å². The molecule has 1 fully saturated rings. The van der Waals surface area contributed by atoms with Crippen LogP contribution < -0.4 is 15.5 Å². The number of benzene rings is 2. The second-order valence-corrected chi connectivity index (χ2v) is 5.78. The maximum atomic E-state index is 12.8. The van der Waals surface area contributed by atoms with E-state index in [-0.39, 0.29) is 11.8 Å². The van der Waals surface area contributed by atoms with Crippen molar-refractivity contribution in [2.75, 3.05) is 29.9 Å². The Morgan fingerprint density at radius 2 is 1.87 bits per heavy atom. The van der Waals surface area contributed by atoms with E-state index in [1.807, 2.05) is 18.2 Å². The van der Waals surface area contributed by atoms with Gasteiger partial charge in [-0.05, 0) is 48.7 Å². The summed E-state index contributed by atoms with van der Waals surface area (Å²) in [5.74, 6) is 0.122. The number of urea groups is 1. The number of para-hydroxylation sites is 1. The fraction of sp³-hybridized carbons (Fsp3) is 0.278. The third kappa shape index (κ3) is 4.22. The molecule has 0 spiro atoms. The highest BCUT2D eigenvalue weighted by Crippen LogP contribution is 2.22. The lowest BCUT2D eigenvalue weighted by molar-refractivity contribution is 0.250. The summed E-state index contributed by atoms with van der Waals surface area (Å²) in [6.07, 6.45) is 1.06. The van der Waals surface area contributed by atoms with Gasteiger partial charge in [-0.25, -0.2) is 9.18 Å². The van der Waals surface area contributed by atoms with Gasteiger partial charge in [0.15, 0.2) is 0 Å². The molecule has 2 amide bonds. The average molecular weight is 313 g/mol. The summed E-state index contributed by atoms with van der Waals surface area (Å²) in [5.41, 5.74) is 1.81. The Morgan fingerprint density at radius 3 is 2.61 bits per heavy atom. The van der Waals surface area contributed by atoms with Gasteiger partial charge in [0.2, 0.25) is 0 Å². The molecular weight excluding hydrogens is 293 g/mol. The molecule has 23 heavy (non-hydrogen) atoms. The van der Waals surface area contributed by atoms with Crippen LogP contribution in [0.25, 0.3) is 0 Å². The van der Waals surface area contributed by atoms with E-state index in [9.17, 15) is 9.18 Å². The van der Waals surface area contributed by atoms with E-state index in [1.54, 1.807) is 12.1 Å². The zero-order chi connectivity index (χ0) is 16.1. The summed E-state index contributed by atoms with van der Waals surface area (Å²) < 4.78 is 12.8. The predicted molar refractivity (Wildman–Crippen MR) is 90.2 cm³/mol. The van der Waals surface area contributed by atoms with Crippen LogP contribution in [0.15, 0.2) is 54.6 Å². The number of amides is 2. The van der Waals surface area contributed by atoms with Crippen molar-refractivity contribution in [3.8, 4) is 0 Å². The molecule has 0 radical (unpaired) electrons. The van der Waals surface area contributed by atoms with E-state index in [4.69, 9.17) is 0 Å². The normalized spacial score (nSPS) is 17.1. The first-order valence-corrected chi connectivity index (χ1v) is 7.81. The molecule has 1 aliphatic heterocycles. The SMILES string of the molecule is O=C(NC[C@@H]1CCN(c2ccccc2)C1)Nc1ccc(F)cc1. The number of hydrogen-bond donors (Lipinski definition) is 2. The van der Waals surface area contributed by atoms with Crippen molar-refractivity contribution in [2.45, 2.75) is 6.42 Å². The third-order valence-corrected chi connectivity index (χ3v) is 4.06. The Labute approximate surface area is 135 Å². The Balaban J connectivity index is 1.44. The van der Waals surface area contributed by atoms with Crippen molar-refractivity contribution in [3.05, 3.63) is 60.4 Å². The average Bonchev–Trinajstić information content (AvgIpc) is 3.05. The Hall–Kier alpha value is -2.56. The van der Waals surface area contributed by atoms with Gasteiger partial charge in [-0.2, -0.15) is 0 Å². The molecule has 2 aromatic carbocycles. The van der Waals surface area contributed by atoms with E-state index in [0.29, 0.717) is 18.2 Å². The maximum absolute atomic E-state index is 12.8. The van der Waals surface area contributed by atoms with Gasteiger partial charge in [-0.15, -0.1) is 0 Å². The molecule has 5 heteroatoms. The third-order valence-electron chi connectivity index (χ3n) is 4.06. The van der Waals surface area contributed by atoms with Crippen LogP contribution in [0.1, 0.15) is 6.42 Å². The summed E-state index contributed by atoms with van der Waals surface area (Å²) in [7, 11) is 0. The minimum absolute atomic E-state index is 0.255. The van der Waals surface area contributed by atoms with E-state index in [0.717, 1.165) is 19.5 Å². The summed E-state index contributed by atoms with van der Waals surface area (Å²) in [6, 6.07) is 15.8. The van der Waals surface area contributed by atoms with Crippen molar-refractivity contribution < 1.29 is 9.18 Å². The van der Waals surface area contributed by atoms with Crippen molar-refractivity contribution in [1.82, 2.24) is 5.32 Å². The molecule has 0 bridgehead atoms. The number of carbonyl (C=O) groups excluding carboxylic acids is 1. The van der Waals surface area contributed by atoms with Gasteiger partial charge >= 0.3 is 6.03 Å². The molecule has 1 atom stereocenters. The van der Waals surface area contributed by atoms with Crippen molar-refractivity contribution in [2.24, 2.45) is 5.92 Å². The van der Waals surface area contributed by atoms with Crippen LogP contribution in [0.5, 0.6) is 0 Å². The van der Waals surface area contributed by atoms with E-state index in [2.05, 4.69) is 27.7 Å². The fourth-order valence-electron chi connectivity index (χ4n) is 2.82. The number of nitrogens with zero attached hydrogens (tertiary/aromatic N) is 1. The lowest BCUT2D eigenvalue weighted by atomic mass is 10.1. The smallest absolute Gasteiger partial charge is 0.319 e. The van der Waals surface area contributed by atoms with Crippen LogP contribution in [-0.2, 0) is 0 Å². The lowest BCUT2D eigenvalue weighted by Gasteiger charge is -2.18. The molecule has 0 aromatic heterocycles. The first kappa shape index (κ1) is 15.3. The highest BCUT2D eigenvalue weighted by molar-refractivity contribution is 5.89. The maximum Gasteiger partial charge on any atom is 0.319 e. The largest absolute Gasteiger partial charge is 0.371 e. The predicted octanol–water partition coefficient (Wildman–Crippen LogP) is 3.47. The lowest BCUT2D eigenvalue weighted by Crippen LogP contribution is -2.34. The summed E-state index contributed by atoms with van der Waals surface area (Å²) >= 11 is 0. The first-order valence-electron chi connectivity index (χ1n) is 7.81. The summed E-state index contributed by atoms with van der Waals surface area (Å²) in [4.78, 5) is 14.2. The highest BCUT2D eigenvalue weighted by atomic mass is 19.1. The Bertz CT molecular complexity index is 645. The minimum atomic E-state index is -0.317. The quantitative estimate of drug-likeness (QED) is 0.908. The van der Waals surface area contributed by atoms with Gasteiger partial charge in [0.05, 0.1) is 0 Å². The number of nitrogens with one attached hydrogen (secondary N) is 2. The van der Waals surface area contributed by atoms with E-state index in [1.165, 1.54) is 17.8 Å². The zero-order valence-electron chi connectivity index (χ0n) is 12.8. The van der Waals surface area contributed by atoms with Crippen molar-refractivity contribution in [3.63, 3.8) is 0 Å². The standard InChI is InChI=1S/C18H20FN3O/c19-15-6-8-16(9-7-15)21-18(23)20-12-14-10-11-22(13-14)17-4-2-1-3-5-17/h1-9,14H,10-13H2,(H2,20,21,23)/t14-/m0/s1. The summed E-state index contributed by atoms with van der Waals surface area (Å²) in [6.45, 7) is 2.59. The minimum Gasteiger partial charge on any atom is -0.371 e. The van der Waals surface area contributed by atoms with Gasteiger partial charge in [0.25, 0.3) is 0 Å². The molecule has 1 saturated heterocycles. The Kier molecular flexibility index (Phi) is 4.76. The van der Waals surface area contributed by atoms with Crippen LogP contribution in [0.2, 0.25) is 0 Å². The molecule has 4 nitrogen and oxygen atoms in total. The molecule has 0 aliphatic carbocycles. The van der Waals surface area contributed by atoms with Gasteiger partial charge in [-0.1, -0.05) is 18.2 Å². The van der Waals surface area contributed by atoms with E-state index >= 15 is 0 Å². The van der Waals surface area contributed by atoms with Crippen LogP contribution >= 0.6 is 0 Å². The number of halogens is 1. The number of hydrogen-bond acceptors (Lipinski definition) is 2. The number of anilines is 2. The molecular formula is C18H20FN3O. The van der Waals surface area contributed by atoms with Gasteiger partial charge in [0, 0.05) is 31.0 Å². The highest BCUT2D eigenvalue weighted by Gasteiger charge is 2.22. The van der Waals surface area contributed by atoms with Gasteiger partial charge in [-0.3, -0.25) is 0 Å². The molecule has 2 N–H and O–H groups in total. The molecule has 1 heterocycles.